The zero-order chi connectivity index (χ0) is 12.8. The third-order valence-electron chi connectivity index (χ3n) is 3.64. The SMILES string of the molecule is O=C1c2ccccc2CCc2nc3[nH]ncc3cc21. The van der Waals surface area contributed by atoms with Crippen LogP contribution >= 0.6 is 0 Å². The predicted octanol–water partition coefficient (Wildman–Crippen LogP) is 2.29. The standard InChI is InChI=1S/C15H11N3O/c19-14-11-4-2-1-3-9(11)5-6-13-12(14)7-10-8-16-18-15(10)17-13/h1-4,7-8H,5-6H2,(H,16,17,18). The van der Waals surface area contributed by atoms with Crippen molar-refractivity contribution in [1.29, 1.82) is 0 Å². The number of hydrogen-bond donors (Lipinski definition) is 1. The summed E-state index contributed by atoms with van der Waals surface area (Å²) in [6, 6.07) is 9.69. The van der Waals surface area contributed by atoms with Crippen molar-refractivity contribution in [2.75, 3.05) is 0 Å². The van der Waals surface area contributed by atoms with Crippen LogP contribution in [0.2, 0.25) is 0 Å². The van der Waals surface area contributed by atoms with Crippen LogP contribution in [-0.2, 0) is 12.8 Å². The Morgan fingerprint density at radius 2 is 2.00 bits per heavy atom. The molecule has 19 heavy (non-hydrogen) atoms. The van der Waals surface area contributed by atoms with Crippen LogP contribution in [0.4, 0.5) is 0 Å². The molecule has 92 valence electrons. The molecule has 0 bridgehead atoms. The average Bonchev–Trinajstić information content (AvgIpc) is 2.85. The van der Waals surface area contributed by atoms with Crippen molar-refractivity contribution in [1.82, 2.24) is 15.2 Å². The largest absolute Gasteiger partial charge is 0.289 e. The molecule has 1 N–H and O–H groups in total. The van der Waals surface area contributed by atoms with E-state index in [1.165, 1.54) is 0 Å². The van der Waals surface area contributed by atoms with E-state index in [0.29, 0.717) is 5.56 Å². The number of aryl methyl sites for hydroxylation is 2. The number of ketones is 1. The van der Waals surface area contributed by atoms with E-state index in [1.54, 1.807) is 6.20 Å². The lowest BCUT2D eigenvalue weighted by Crippen LogP contribution is -2.05. The minimum Gasteiger partial charge on any atom is -0.289 e. The van der Waals surface area contributed by atoms with Gasteiger partial charge in [-0.15, -0.1) is 0 Å². The van der Waals surface area contributed by atoms with E-state index in [4.69, 9.17) is 0 Å². The minimum atomic E-state index is 0.0682. The molecular formula is C15H11N3O. The Bertz CT molecular complexity index is 804. The van der Waals surface area contributed by atoms with Gasteiger partial charge in [0.2, 0.25) is 0 Å². The van der Waals surface area contributed by atoms with Gasteiger partial charge >= 0.3 is 0 Å². The second-order valence-corrected chi connectivity index (χ2v) is 4.78. The van der Waals surface area contributed by atoms with Crippen molar-refractivity contribution in [3.63, 3.8) is 0 Å². The van der Waals surface area contributed by atoms with Crippen molar-refractivity contribution in [3.05, 3.63) is 58.9 Å². The van der Waals surface area contributed by atoms with E-state index in [9.17, 15) is 4.79 Å². The van der Waals surface area contributed by atoms with Crippen molar-refractivity contribution in [3.8, 4) is 0 Å². The van der Waals surface area contributed by atoms with Crippen LogP contribution in [0.1, 0.15) is 27.2 Å². The van der Waals surface area contributed by atoms with Gasteiger partial charge in [0.25, 0.3) is 0 Å². The fourth-order valence-electron chi connectivity index (χ4n) is 2.66. The maximum absolute atomic E-state index is 12.6. The molecule has 0 saturated carbocycles. The fraction of sp³-hybridized carbons (Fsp3) is 0.133. The van der Waals surface area contributed by atoms with Crippen molar-refractivity contribution >= 4 is 16.8 Å². The van der Waals surface area contributed by atoms with E-state index in [1.807, 2.05) is 30.3 Å². The minimum absolute atomic E-state index is 0.0682. The summed E-state index contributed by atoms with van der Waals surface area (Å²) in [7, 11) is 0. The summed E-state index contributed by atoms with van der Waals surface area (Å²) >= 11 is 0. The van der Waals surface area contributed by atoms with Crippen LogP contribution in [0.15, 0.2) is 36.5 Å². The number of aromatic nitrogens is 3. The number of pyridine rings is 1. The van der Waals surface area contributed by atoms with Gasteiger partial charge in [-0.3, -0.25) is 9.89 Å². The Kier molecular flexibility index (Phi) is 2.06. The fourth-order valence-corrected chi connectivity index (χ4v) is 2.66. The number of aromatic amines is 1. The zero-order valence-corrected chi connectivity index (χ0v) is 10.2. The number of hydrogen-bond acceptors (Lipinski definition) is 3. The smallest absolute Gasteiger partial charge is 0.195 e. The molecule has 4 heteroatoms. The molecule has 4 nitrogen and oxygen atoms in total. The number of nitrogens with one attached hydrogen (secondary N) is 1. The summed E-state index contributed by atoms with van der Waals surface area (Å²) in [5.41, 5.74) is 4.22. The topological polar surface area (TPSA) is 58.6 Å². The van der Waals surface area contributed by atoms with E-state index >= 15 is 0 Å². The van der Waals surface area contributed by atoms with Crippen molar-refractivity contribution < 1.29 is 4.79 Å². The lowest BCUT2D eigenvalue weighted by atomic mass is 10.00. The monoisotopic (exact) mass is 249 g/mol. The normalized spacial score (nSPS) is 14.0. The number of carbonyl (C=O) groups excluding carboxylic acids is 1. The molecule has 0 radical (unpaired) electrons. The number of rotatable bonds is 0. The van der Waals surface area contributed by atoms with E-state index in [2.05, 4.69) is 15.2 Å². The first-order valence-electron chi connectivity index (χ1n) is 6.28. The molecule has 1 aromatic carbocycles. The Balaban J connectivity index is 1.99. The zero-order valence-electron chi connectivity index (χ0n) is 10.2. The molecule has 2 heterocycles. The molecule has 0 aliphatic heterocycles. The summed E-state index contributed by atoms with van der Waals surface area (Å²) in [5, 5.41) is 7.70. The Morgan fingerprint density at radius 3 is 2.95 bits per heavy atom. The number of benzene rings is 1. The first kappa shape index (κ1) is 10.4. The van der Waals surface area contributed by atoms with Gasteiger partial charge in [0.1, 0.15) is 0 Å². The third kappa shape index (κ3) is 1.50. The van der Waals surface area contributed by atoms with Crippen molar-refractivity contribution in [2.45, 2.75) is 12.8 Å². The van der Waals surface area contributed by atoms with E-state index in [-0.39, 0.29) is 5.78 Å². The molecule has 0 atom stereocenters. The van der Waals surface area contributed by atoms with Gasteiger partial charge in [-0.05, 0) is 24.5 Å². The molecule has 2 aromatic heterocycles. The summed E-state index contributed by atoms with van der Waals surface area (Å²) in [6.45, 7) is 0. The number of fused-ring (bicyclic) bond motifs is 3. The highest BCUT2D eigenvalue weighted by atomic mass is 16.1. The molecule has 0 saturated heterocycles. The molecule has 1 aliphatic carbocycles. The van der Waals surface area contributed by atoms with E-state index < -0.39 is 0 Å². The van der Waals surface area contributed by atoms with Gasteiger partial charge < -0.3 is 0 Å². The molecule has 1 aliphatic rings. The van der Waals surface area contributed by atoms with Crippen LogP contribution in [0.25, 0.3) is 11.0 Å². The molecule has 0 unspecified atom stereocenters. The number of carbonyl (C=O) groups is 1. The maximum Gasteiger partial charge on any atom is 0.195 e. The second-order valence-electron chi connectivity index (χ2n) is 4.78. The molecule has 0 amide bonds. The van der Waals surface area contributed by atoms with Crippen LogP contribution < -0.4 is 0 Å². The maximum atomic E-state index is 12.6. The molecule has 0 fully saturated rings. The first-order valence-corrected chi connectivity index (χ1v) is 6.28. The third-order valence-corrected chi connectivity index (χ3v) is 3.64. The van der Waals surface area contributed by atoms with Gasteiger partial charge in [0.05, 0.1) is 11.9 Å². The Labute approximate surface area is 109 Å². The summed E-state index contributed by atoms with van der Waals surface area (Å²) in [5.74, 6) is 0.0682. The highest BCUT2D eigenvalue weighted by Gasteiger charge is 2.22. The van der Waals surface area contributed by atoms with Gasteiger partial charge in [0.15, 0.2) is 11.4 Å². The number of H-pyrrole nitrogens is 1. The quantitative estimate of drug-likeness (QED) is 0.665. The number of nitrogens with zero attached hydrogens (tertiary/aromatic N) is 2. The highest BCUT2D eigenvalue weighted by molar-refractivity contribution is 6.12. The van der Waals surface area contributed by atoms with Crippen LogP contribution in [0.5, 0.6) is 0 Å². The van der Waals surface area contributed by atoms with Crippen LogP contribution in [-0.4, -0.2) is 21.0 Å². The summed E-state index contributed by atoms with van der Waals surface area (Å²) in [6.07, 6.45) is 3.33. The predicted molar refractivity (Wildman–Crippen MR) is 71.2 cm³/mol. The molecule has 3 aromatic rings. The lowest BCUT2D eigenvalue weighted by Gasteiger charge is -2.04. The Hall–Kier alpha value is -2.49. The first-order chi connectivity index (χ1) is 9.33. The van der Waals surface area contributed by atoms with Crippen LogP contribution in [0.3, 0.4) is 0 Å². The van der Waals surface area contributed by atoms with E-state index in [0.717, 1.165) is 40.7 Å². The van der Waals surface area contributed by atoms with Crippen molar-refractivity contribution in [2.24, 2.45) is 0 Å². The highest BCUT2D eigenvalue weighted by Crippen LogP contribution is 2.25. The summed E-state index contributed by atoms with van der Waals surface area (Å²) in [4.78, 5) is 17.2. The van der Waals surface area contributed by atoms with Crippen LogP contribution in [0, 0.1) is 0 Å². The van der Waals surface area contributed by atoms with Gasteiger partial charge in [-0.2, -0.15) is 5.10 Å². The second kappa shape index (κ2) is 3.75. The Morgan fingerprint density at radius 1 is 1.11 bits per heavy atom. The summed E-state index contributed by atoms with van der Waals surface area (Å²) < 4.78 is 0. The van der Waals surface area contributed by atoms with Gasteiger partial charge in [-0.1, -0.05) is 24.3 Å². The molecule has 0 spiro atoms. The lowest BCUT2D eigenvalue weighted by molar-refractivity contribution is 0.103. The molecule has 4 rings (SSSR count). The average molecular weight is 249 g/mol. The molecular weight excluding hydrogens is 238 g/mol. The van der Waals surface area contributed by atoms with Gasteiger partial charge in [-0.25, -0.2) is 4.98 Å². The van der Waals surface area contributed by atoms with Gasteiger partial charge in [0, 0.05) is 16.5 Å².